The van der Waals surface area contributed by atoms with Gasteiger partial charge in [0.05, 0.1) is 12.3 Å². The van der Waals surface area contributed by atoms with Gasteiger partial charge in [-0.05, 0) is 30.9 Å². The summed E-state index contributed by atoms with van der Waals surface area (Å²) in [6, 6.07) is 4.68. The molecule has 0 bridgehead atoms. The molecule has 1 atom stereocenters. The summed E-state index contributed by atoms with van der Waals surface area (Å²) in [5.41, 5.74) is 0. The Kier molecular flexibility index (Phi) is 5.80. The third kappa shape index (κ3) is 3.38. The number of rotatable bonds is 3. The molecule has 1 saturated heterocycles. The van der Waals surface area contributed by atoms with Gasteiger partial charge in [-0.2, -0.15) is 0 Å². The third-order valence-electron chi connectivity index (χ3n) is 3.45. The van der Waals surface area contributed by atoms with Crippen molar-refractivity contribution in [3.63, 3.8) is 0 Å². The van der Waals surface area contributed by atoms with Crippen LogP contribution in [0.4, 0.5) is 0 Å². The van der Waals surface area contributed by atoms with E-state index in [1.165, 1.54) is 18.6 Å². The summed E-state index contributed by atoms with van der Waals surface area (Å²) in [5, 5.41) is 3.40. The van der Waals surface area contributed by atoms with Crippen LogP contribution in [0, 0.1) is 5.92 Å². The number of hydrogen-bond acceptors (Lipinski definition) is 3. The number of furan rings is 1. The molecule has 2 fully saturated rings. The van der Waals surface area contributed by atoms with E-state index in [0.717, 1.165) is 32.1 Å². The van der Waals surface area contributed by atoms with Gasteiger partial charge in [0.15, 0.2) is 0 Å². The average molecular weight is 279 g/mol. The van der Waals surface area contributed by atoms with E-state index in [0.29, 0.717) is 6.04 Å². The molecular formula is C12H20Cl2N2O. The highest BCUT2D eigenvalue weighted by molar-refractivity contribution is 5.85. The van der Waals surface area contributed by atoms with E-state index in [2.05, 4.69) is 16.3 Å². The summed E-state index contributed by atoms with van der Waals surface area (Å²) in [6.45, 7) is 4.54. The van der Waals surface area contributed by atoms with E-state index in [-0.39, 0.29) is 24.8 Å². The van der Waals surface area contributed by atoms with Crippen LogP contribution in [0.25, 0.3) is 0 Å². The lowest BCUT2D eigenvalue weighted by molar-refractivity contribution is 0.137. The summed E-state index contributed by atoms with van der Waals surface area (Å²) in [5.74, 6) is 2.01. The predicted molar refractivity (Wildman–Crippen MR) is 73.1 cm³/mol. The van der Waals surface area contributed by atoms with Crippen molar-refractivity contribution >= 4 is 24.8 Å². The van der Waals surface area contributed by atoms with Crippen LogP contribution in [0.15, 0.2) is 22.8 Å². The largest absolute Gasteiger partial charge is 0.468 e. The number of nitrogens with zero attached hydrogens (tertiary/aromatic N) is 1. The van der Waals surface area contributed by atoms with Crippen molar-refractivity contribution < 1.29 is 4.42 Å². The van der Waals surface area contributed by atoms with Crippen molar-refractivity contribution in [2.45, 2.75) is 18.9 Å². The molecule has 3 rings (SSSR count). The van der Waals surface area contributed by atoms with Crippen molar-refractivity contribution in [2.24, 2.45) is 5.92 Å². The van der Waals surface area contributed by atoms with Gasteiger partial charge < -0.3 is 9.73 Å². The molecule has 5 heteroatoms. The maximum Gasteiger partial charge on any atom is 0.121 e. The number of piperazine rings is 1. The van der Waals surface area contributed by atoms with Gasteiger partial charge in [0.1, 0.15) is 5.76 Å². The van der Waals surface area contributed by atoms with Gasteiger partial charge in [-0.15, -0.1) is 24.8 Å². The predicted octanol–water partition coefficient (Wildman–Crippen LogP) is 2.48. The zero-order valence-corrected chi connectivity index (χ0v) is 11.4. The smallest absolute Gasteiger partial charge is 0.121 e. The second-order valence-corrected chi connectivity index (χ2v) is 4.58. The average Bonchev–Trinajstić information content (AvgIpc) is 2.96. The van der Waals surface area contributed by atoms with Crippen molar-refractivity contribution in [2.75, 3.05) is 26.2 Å². The summed E-state index contributed by atoms with van der Waals surface area (Å²) < 4.78 is 5.59. The van der Waals surface area contributed by atoms with Crippen molar-refractivity contribution in [1.29, 1.82) is 0 Å². The Morgan fingerprint density at radius 3 is 2.47 bits per heavy atom. The SMILES string of the molecule is Cl.Cl.c1coc([C@@H](C2CC2)N2CCNCC2)c1. The zero-order chi connectivity index (χ0) is 10.1. The van der Waals surface area contributed by atoms with Crippen molar-refractivity contribution in [3.05, 3.63) is 24.2 Å². The second-order valence-electron chi connectivity index (χ2n) is 4.58. The standard InChI is InChI=1S/C12H18N2O.2ClH/c1-2-11(15-9-1)12(10-3-4-10)14-7-5-13-6-8-14;;/h1-2,9-10,12-13H,3-8H2;2*1H/t12-;;/m1../s1. The zero-order valence-electron chi connectivity index (χ0n) is 9.80. The third-order valence-corrected chi connectivity index (χ3v) is 3.45. The van der Waals surface area contributed by atoms with Gasteiger partial charge in [0, 0.05) is 26.2 Å². The highest BCUT2D eigenvalue weighted by Gasteiger charge is 2.38. The van der Waals surface area contributed by atoms with E-state index in [1.54, 1.807) is 6.26 Å². The Morgan fingerprint density at radius 1 is 1.24 bits per heavy atom. The lowest BCUT2D eigenvalue weighted by atomic mass is 10.1. The van der Waals surface area contributed by atoms with Crippen molar-refractivity contribution in [1.82, 2.24) is 10.2 Å². The maximum absolute atomic E-state index is 5.59. The van der Waals surface area contributed by atoms with Crippen LogP contribution in [0.1, 0.15) is 24.6 Å². The summed E-state index contributed by atoms with van der Waals surface area (Å²) >= 11 is 0. The van der Waals surface area contributed by atoms with E-state index in [9.17, 15) is 0 Å². The van der Waals surface area contributed by atoms with Gasteiger partial charge in [-0.25, -0.2) is 0 Å². The first-order valence-corrected chi connectivity index (χ1v) is 5.93. The molecule has 98 valence electrons. The van der Waals surface area contributed by atoms with Gasteiger partial charge in [-0.1, -0.05) is 0 Å². The molecule has 0 aromatic carbocycles. The number of nitrogens with one attached hydrogen (secondary N) is 1. The lowest BCUT2D eigenvalue weighted by Gasteiger charge is -2.33. The molecule has 1 aliphatic carbocycles. The minimum atomic E-state index is 0. The van der Waals surface area contributed by atoms with Gasteiger partial charge in [0.2, 0.25) is 0 Å². The summed E-state index contributed by atoms with van der Waals surface area (Å²) in [6.07, 6.45) is 4.54. The molecule has 3 nitrogen and oxygen atoms in total. The minimum absolute atomic E-state index is 0. The maximum atomic E-state index is 5.59. The fourth-order valence-corrected chi connectivity index (χ4v) is 2.54. The monoisotopic (exact) mass is 278 g/mol. The highest BCUT2D eigenvalue weighted by atomic mass is 35.5. The van der Waals surface area contributed by atoms with Crippen LogP contribution in [-0.4, -0.2) is 31.1 Å². The molecular weight excluding hydrogens is 259 g/mol. The molecule has 1 aliphatic heterocycles. The highest BCUT2D eigenvalue weighted by Crippen LogP contribution is 2.44. The van der Waals surface area contributed by atoms with Crippen LogP contribution in [0.5, 0.6) is 0 Å². The first-order chi connectivity index (χ1) is 7.45. The molecule has 2 aliphatic rings. The van der Waals surface area contributed by atoms with Crippen molar-refractivity contribution in [3.8, 4) is 0 Å². The molecule has 0 spiro atoms. The molecule has 1 saturated carbocycles. The normalized spacial score (nSPS) is 22.4. The quantitative estimate of drug-likeness (QED) is 0.921. The minimum Gasteiger partial charge on any atom is -0.468 e. The van der Waals surface area contributed by atoms with E-state index in [4.69, 9.17) is 4.42 Å². The molecule has 0 amide bonds. The van der Waals surface area contributed by atoms with E-state index < -0.39 is 0 Å². The molecule has 1 aromatic heterocycles. The lowest BCUT2D eigenvalue weighted by Crippen LogP contribution is -2.45. The van der Waals surface area contributed by atoms with Crippen LogP contribution in [0.3, 0.4) is 0 Å². The molecule has 1 N–H and O–H groups in total. The Labute approximate surface area is 115 Å². The van der Waals surface area contributed by atoms with Crippen LogP contribution in [-0.2, 0) is 0 Å². The van der Waals surface area contributed by atoms with E-state index in [1.807, 2.05) is 6.07 Å². The van der Waals surface area contributed by atoms with Crippen LogP contribution >= 0.6 is 24.8 Å². The fourth-order valence-electron chi connectivity index (χ4n) is 2.54. The number of hydrogen-bond donors (Lipinski definition) is 1. The Balaban J connectivity index is 0.000000722. The first-order valence-electron chi connectivity index (χ1n) is 5.93. The Hall–Kier alpha value is -0.220. The Bertz CT molecular complexity index is 308. The van der Waals surface area contributed by atoms with Gasteiger partial charge >= 0.3 is 0 Å². The first kappa shape index (κ1) is 14.8. The Morgan fingerprint density at radius 2 is 1.94 bits per heavy atom. The summed E-state index contributed by atoms with van der Waals surface area (Å²) in [7, 11) is 0. The fraction of sp³-hybridized carbons (Fsp3) is 0.667. The second kappa shape index (κ2) is 6.64. The molecule has 0 unspecified atom stereocenters. The van der Waals surface area contributed by atoms with Gasteiger partial charge in [0.25, 0.3) is 0 Å². The molecule has 17 heavy (non-hydrogen) atoms. The summed E-state index contributed by atoms with van der Waals surface area (Å²) in [4.78, 5) is 2.58. The van der Waals surface area contributed by atoms with Crippen LogP contribution in [0.2, 0.25) is 0 Å². The molecule has 1 aromatic rings. The topological polar surface area (TPSA) is 28.4 Å². The van der Waals surface area contributed by atoms with Crippen LogP contribution < -0.4 is 5.32 Å². The number of halogens is 2. The molecule has 0 radical (unpaired) electrons. The van der Waals surface area contributed by atoms with E-state index >= 15 is 0 Å². The van der Waals surface area contributed by atoms with Gasteiger partial charge in [-0.3, -0.25) is 4.90 Å². The molecule has 2 heterocycles.